The number of nitrogens with one attached hydrogen (secondary N) is 1. The van der Waals surface area contributed by atoms with Crippen LogP contribution in [0, 0.1) is 0 Å². The van der Waals surface area contributed by atoms with Gasteiger partial charge < -0.3 is 10.5 Å². The normalized spacial score (nSPS) is 10.4. The lowest BCUT2D eigenvalue weighted by atomic mass is 10.2. The number of amides is 1. The Morgan fingerprint density at radius 3 is 2.76 bits per heavy atom. The van der Waals surface area contributed by atoms with E-state index in [2.05, 4.69) is 15.5 Å². The molecular weight excluding hydrogens is 288 g/mol. The smallest absolute Gasteiger partial charge is 0.257 e. The molecule has 21 heavy (non-hydrogen) atoms. The van der Waals surface area contributed by atoms with Crippen molar-refractivity contribution in [2.24, 2.45) is 5.73 Å². The Balaban J connectivity index is 1.95. The third-order valence-electron chi connectivity index (χ3n) is 2.71. The third kappa shape index (κ3) is 4.51. The fraction of sp³-hybridized carbons (Fsp3) is 0.357. The Morgan fingerprint density at radius 1 is 1.33 bits per heavy atom. The molecule has 3 N–H and O–H groups in total. The number of aryl methyl sites for hydroxylation is 1. The van der Waals surface area contributed by atoms with Crippen molar-refractivity contribution in [3.63, 3.8) is 0 Å². The molecule has 1 aromatic heterocycles. The van der Waals surface area contributed by atoms with Gasteiger partial charge in [0.25, 0.3) is 5.91 Å². The number of hydrogen-bond acceptors (Lipinski definition) is 6. The number of carbonyl (C=O) groups excluding carboxylic acids is 1. The van der Waals surface area contributed by atoms with E-state index in [4.69, 9.17) is 10.5 Å². The summed E-state index contributed by atoms with van der Waals surface area (Å²) < 4.78 is 5.34. The minimum absolute atomic E-state index is 0.209. The largest absolute Gasteiger partial charge is 0.494 e. The van der Waals surface area contributed by atoms with Crippen LogP contribution in [0.15, 0.2) is 24.3 Å². The highest BCUT2D eigenvalue weighted by Gasteiger charge is 2.10. The summed E-state index contributed by atoms with van der Waals surface area (Å²) in [5.74, 6) is 0.536. The van der Waals surface area contributed by atoms with Crippen molar-refractivity contribution in [3.05, 3.63) is 34.8 Å². The van der Waals surface area contributed by atoms with E-state index in [0.29, 0.717) is 23.8 Å². The molecule has 0 unspecified atom stereocenters. The second-order valence-corrected chi connectivity index (χ2v) is 5.37. The van der Waals surface area contributed by atoms with Gasteiger partial charge in [-0.25, -0.2) is 0 Å². The molecule has 6 nitrogen and oxygen atoms in total. The predicted molar refractivity (Wildman–Crippen MR) is 82.8 cm³/mol. The molecule has 2 rings (SSSR count). The summed E-state index contributed by atoms with van der Waals surface area (Å²) in [5.41, 5.74) is 6.00. The number of carbonyl (C=O) groups is 1. The highest BCUT2D eigenvalue weighted by molar-refractivity contribution is 7.15. The molecule has 0 aliphatic carbocycles. The topological polar surface area (TPSA) is 90.1 Å². The highest BCUT2D eigenvalue weighted by Crippen LogP contribution is 2.18. The summed E-state index contributed by atoms with van der Waals surface area (Å²) in [6.45, 7) is 3.13. The molecule has 0 saturated heterocycles. The summed E-state index contributed by atoms with van der Waals surface area (Å²) in [6, 6.07) is 6.98. The van der Waals surface area contributed by atoms with E-state index < -0.39 is 0 Å². The SMILES string of the molecule is CCOc1ccc(C(=O)Nc2nnc(CCCN)s2)cc1. The Hall–Kier alpha value is -1.99. The maximum atomic E-state index is 12.1. The summed E-state index contributed by atoms with van der Waals surface area (Å²) in [4.78, 5) is 12.1. The Morgan fingerprint density at radius 2 is 2.10 bits per heavy atom. The summed E-state index contributed by atoms with van der Waals surface area (Å²) in [7, 11) is 0. The average molecular weight is 306 g/mol. The van der Waals surface area contributed by atoms with Gasteiger partial charge in [-0.05, 0) is 44.2 Å². The number of nitrogens with two attached hydrogens (primary N) is 1. The zero-order valence-electron chi connectivity index (χ0n) is 11.8. The zero-order chi connectivity index (χ0) is 15.1. The molecule has 0 spiro atoms. The second-order valence-electron chi connectivity index (χ2n) is 4.30. The van der Waals surface area contributed by atoms with Crippen LogP contribution in [0.25, 0.3) is 0 Å². The van der Waals surface area contributed by atoms with Gasteiger partial charge >= 0.3 is 0 Å². The number of hydrogen-bond donors (Lipinski definition) is 2. The minimum atomic E-state index is -0.209. The molecular formula is C14H18N4O2S. The van der Waals surface area contributed by atoms with Crippen molar-refractivity contribution in [2.45, 2.75) is 19.8 Å². The standard InChI is InChI=1S/C14H18N4O2S/c1-2-20-11-7-5-10(6-8-11)13(19)16-14-18-17-12(21-14)4-3-9-15/h5-8H,2-4,9,15H2,1H3,(H,16,18,19). The fourth-order valence-electron chi connectivity index (χ4n) is 1.70. The molecule has 0 saturated carbocycles. The number of ether oxygens (including phenoxy) is 1. The van der Waals surface area contributed by atoms with Gasteiger partial charge in [-0.2, -0.15) is 0 Å². The van der Waals surface area contributed by atoms with Crippen molar-refractivity contribution in [1.29, 1.82) is 0 Å². The highest BCUT2D eigenvalue weighted by atomic mass is 32.1. The minimum Gasteiger partial charge on any atom is -0.494 e. The Kier molecular flexibility index (Phi) is 5.65. The molecule has 0 atom stereocenters. The van der Waals surface area contributed by atoms with E-state index in [-0.39, 0.29) is 5.91 Å². The van der Waals surface area contributed by atoms with E-state index in [1.807, 2.05) is 6.92 Å². The molecule has 112 valence electrons. The first-order valence-corrected chi connectivity index (χ1v) is 7.61. The number of anilines is 1. The summed E-state index contributed by atoms with van der Waals surface area (Å²) in [5, 5.41) is 12.1. The first kappa shape index (κ1) is 15.4. The molecule has 0 radical (unpaired) electrons. The summed E-state index contributed by atoms with van der Waals surface area (Å²) in [6.07, 6.45) is 1.65. The van der Waals surface area contributed by atoms with E-state index in [1.165, 1.54) is 11.3 Å². The van der Waals surface area contributed by atoms with Crippen molar-refractivity contribution in [1.82, 2.24) is 10.2 Å². The van der Waals surface area contributed by atoms with Crippen LogP contribution in [-0.2, 0) is 6.42 Å². The van der Waals surface area contributed by atoms with Crippen LogP contribution >= 0.6 is 11.3 Å². The van der Waals surface area contributed by atoms with Crippen molar-refractivity contribution < 1.29 is 9.53 Å². The fourth-order valence-corrected chi connectivity index (χ4v) is 2.47. The monoisotopic (exact) mass is 306 g/mol. The van der Waals surface area contributed by atoms with E-state index in [9.17, 15) is 4.79 Å². The van der Waals surface area contributed by atoms with Gasteiger partial charge in [0, 0.05) is 12.0 Å². The first-order chi connectivity index (χ1) is 10.2. The Bertz CT molecular complexity index is 583. The number of aromatic nitrogens is 2. The van der Waals surface area contributed by atoms with Gasteiger partial charge in [0.05, 0.1) is 6.61 Å². The molecule has 0 aliphatic heterocycles. The van der Waals surface area contributed by atoms with Crippen LogP contribution in [0.4, 0.5) is 5.13 Å². The number of nitrogens with zero attached hydrogens (tertiary/aromatic N) is 2. The number of rotatable bonds is 7. The number of benzene rings is 1. The lowest BCUT2D eigenvalue weighted by Crippen LogP contribution is -2.11. The van der Waals surface area contributed by atoms with Crippen LogP contribution in [0.5, 0.6) is 5.75 Å². The summed E-state index contributed by atoms with van der Waals surface area (Å²) >= 11 is 1.37. The van der Waals surface area contributed by atoms with Crippen LogP contribution in [-0.4, -0.2) is 29.3 Å². The maximum Gasteiger partial charge on any atom is 0.257 e. The van der Waals surface area contributed by atoms with Gasteiger partial charge in [0.15, 0.2) is 0 Å². The van der Waals surface area contributed by atoms with Crippen LogP contribution in [0.1, 0.15) is 28.7 Å². The van der Waals surface area contributed by atoms with Crippen molar-refractivity contribution >= 4 is 22.4 Å². The Labute approximate surface area is 127 Å². The van der Waals surface area contributed by atoms with Gasteiger partial charge in [0.1, 0.15) is 10.8 Å². The first-order valence-electron chi connectivity index (χ1n) is 6.79. The van der Waals surface area contributed by atoms with E-state index >= 15 is 0 Å². The van der Waals surface area contributed by atoms with Gasteiger partial charge in [-0.15, -0.1) is 10.2 Å². The molecule has 2 aromatic rings. The quantitative estimate of drug-likeness (QED) is 0.817. The van der Waals surface area contributed by atoms with Gasteiger partial charge in [0.2, 0.25) is 5.13 Å². The van der Waals surface area contributed by atoms with Crippen molar-refractivity contribution in [3.8, 4) is 5.75 Å². The molecule has 1 heterocycles. The van der Waals surface area contributed by atoms with Crippen LogP contribution in [0.3, 0.4) is 0 Å². The molecule has 0 aliphatic rings. The second kappa shape index (κ2) is 7.70. The average Bonchev–Trinajstić information content (AvgIpc) is 2.93. The maximum absolute atomic E-state index is 12.1. The predicted octanol–water partition coefficient (Wildman–Crippen LogP) is 2.08. The van der Waals surface area contributed by atoms with Gasteiger partial charge in [-0.3, -0.25) is 10.1 Å². The molecule has 0 fully saturated rings. The van der Waals surface area contributed by atoms with Crippen LogP contribution < -0.4 is 15.8 Å². The lowest BCUT2D eigenvalue weighted by Gasteiger charge is -2.04. The van der Waals surface area contributed by atoms with E-state index in [0.717, 1.165) is 23.6 Å². The van der Waals surface area contributed by atoms with Gasteiger partial charge in [-0.1, -0.05) is 11.3 Å². The zero-order valence-corrected chi connectivity index (χ0v) is 12.7. The molecule has 1 aromatic carbocycles. The lowest BCUT2D eigenvalue weighted by molar-refractivity contribution is 0.102. The van der Waals surface area contributed by atoms with E-state index in [1.54, 1.807) is 24.3 Å². The molecule has 1 amide bonds. The van der Waals surface area contributed by atoms with Crippen molar-refractivity contribution in [2.75, 3.05) is 18.5 Å². The molecule has 0 bridgehead atoms. The third-order valence-corrected chi connectivity index (χ3v) is 3.61. The van der Waals surface area contributed by atoms with Crippen LogP contribution in [0.2, 0.25) is 0 Å². The molecule has 7 heteroatoms.